The number of hydroxylamine groups is 2. The van der Waals surface area contributed by atoms with Gasteiger partial charge in [0.25, 0.3) is 0 Å². The van der Waals surface area contributed by atoms with Crippen LogP contribution in [0, 0.1) is 11.1 Å². The van der Waals surface area contributed by atoms with Gasteiger partial charge in [0.15, 0.2) is 0 Å². The molecule has 4 heteroatoms. The Kier molecular flexibility index (Phi) is 5.07. The summed E-state index contributed by atoms with van der Waals surface area (Å²) in [7, 11) is 0. The van der Waals surface area contributed by atoms with Crippen LogP contribution in [-0.2, 0) is 4.84 Å². The molecule has 0 aromatic carbocycles. The Bertz CT molecular complexity index is 187. The van der Waals surface area contributed by atoms with Gasteiger partial charge >= 0.3 is 0 Å². The van der Waals surface area contributed by atoms with E-state index in [9.17, 15) is 9.60 Å². The first-order valence-corrected chi connectivity index (χ1v) is 5.20. The van der Waals surface area contributed by atoms with Crippen molar-refractivity contribution >= 4 is 0 Å². The summed E-state index contributed by atoms with van der Waals surface area (Å²) in [4.78, 5) is 4.79. The summed E-state index contributed by atoms with van der Waals surface area (Å²) in [6, 6.07) is 0. The van der Waals surface area contributed by atoms with E-state index in [-0.39, 0.29) is 11.1 Å². The average Bonchev–Trinajstić information content (AvgIpc) is 2.17. The molecule has 0 spiro atoms. The molecule has 1 rings (SSSR count). The van der Waals surface area contributed by atoms with Gasteiger partial charge in [-0.3, -0.25) is 0 Å². The summed E-state index contributed by atoms with van der Waals surface area (Å²) >= 11 is 0. The summed E-state index contributed by atoms with van der Waals surface area (Å²) in [5.41, 5.74) is 0. The number of allylic oxidation sites excluding steroid dienone is 2. The summed E-state index contributed by atoms with van der Waals surface area (Å²) in [6.07, 6.45) is 4.96. The fourth-order valence-corrected chi connectivity index (χ4v) is 1.69. The second kappa shape index (κ2) is 6.11. The Balaban J connectivity index is 2.20. The van der Waals surface area contributed by atoms with Crippen LogP contribution in [0.1, 0.15) is 26.2 Å². The molecule has 0 aliphatic heterocycles. The SMILES string of the molecule is CCO[NH+]([O-])CCC1CCC=CC1F. The van der Waals surface area contributed by atoms with Crippen LogP contribution in [0.2, 0.25) is 0 Å². The van der Waals surface area contributed by atoms with Gasteiger partial charge in [0.05, 0.1) is 0 Å². The van der Waals surface area contributed by atoms with Gasteiger partial charge in [-0.1, -0.05) is 12.2 Å². The van der Waals surface area contributed by atoms with E-state index in [1.54, 1.807) is 13.0 Å². The maximum Gasteiger partial charge on any atom is 0.121 e. The summed E-state index contributed by atoms with van der Waals surface area (Å²) < 4.78 is 13.2. The largest absolute Gasteiger partial charge is 0.600 e. The normalized spacial score (nSPS) is 29.1. The Labute approximate surface area is 84.1 Å². The molecule has 3 unspecified atom stereocenters. The number of hydrogen-bond donors (Lipinski definition) is 1. The molecular weight excluding hydrogens is 185 g/mol. The van der Waals surface area contributed by atoms with Crippen LogP contribution in [-0.4, -0.2) is 19.3 Å². The molecule has 0 aromatic rings. The molecule has 0 bridgehead atoms. The van der Waals surface area contributed by atoms with Gasteiger partial charge in [0, 0.05) is 6.42 Å². The summed E-state index contributed by atoms with van der Waals surface area (Å²) in [5.74, 6) is 0.00408. The Morgan fingerprint density at radius 1 is 1.64 bits per heavy atom. The predicted molar refractivity (Wildman–Crippen MR) is 52.2 cm³/mol. The monoisotopic (exact) mass is 203 g/mol. The van der Waals surface area contributed by atoms with E-state index < -0.39 is 6.17 Å². The molecule has 1 aliphatic rings. The first-order valence-electron chi connectivity index (χ1n) is 5.20. The van der Waals surface area contributed by atoms with Gasteiger partial charge < -0.3 is 5.21 Å². The molecule has 3 nitrogen and oxygen atoms in total. The maximum absolute atomic E-state index is 13.2. The highest BCUT2D eigenvalue weighted by atomic mass is 19.1. The topological polar surface area (TPSA) is 36.7 Å². The molecule has 0 radical (unpaired) electrons. The average molecular weight is 203 g/mol. The molecule has 82 valence electrons. The quantitative estimate of drug-likeness (QED) is 0.535. The number of alkyl halides is 1. The van der Waals surface area contributed by atoms with E-state index in [4.69, 9.17) is 4.84 Å². The number of hydrogen-bond acceptors (Lipinski definition) is 2. The molecule has 1 N–H and O–H groups in total. The third-order valence-corrected chi connectivity index (χ3v) is 2.50. The van der Waals surface area contributed by atoms with Crippen LogP contribution >= 0.6 is 0 Å². The first kappa shape index (κ1) is 11.6. The lowest BCUT2D eigenvalue weighted by Gasteiger charge is -2.24. The van der Waals surface area contributed by atoms with Crippen molar-refractivity contribution in [3.8, 4) is 0 Å². The number of rotatable bonds is 5. The first-order chi connectivity index (χ1) is 6.74. The lowest BCUT2D eigenvalue weighted by molar-refractivity contribution is -1.05. The van der Waals surface area contributed by atoms with Crippen molar-refractivity contribution in [1.82, 2.24) is 0 Å². The van der Waals surface area contributed by atoms with Gasteiger partial charge in [-0.15, -0.1) is 0 Å². The fraction of sp³-hybridized carbons (Fsp3) is 0.800. The van der Waals surface area contributed by atoms with Gasteiger partial charge in [-0.05, 0) is 25.7 Å². The van der Waals surface area contributed by atoms with E-state index in [0.717, 1.165) is 12.8 Å². The van der Waals surface area contributed by atoms with Gasteiger partial charge in [-0.25, -0.2) is 14.5 Å². The van der Waals surface area contributed by atoms with Crippen LogP contribution < -0.4 is 5.23 Å². The standard InChI is InChI=1S/C10H18FNO2/c1-2-14-12(13)8-7-9-5-3-4-6-10(9)11/h4,6,9-10,12H,2-3,5,7-8H2,1H3. The van der Waals surface area contributed by atoms with Gasteiger partial charge in [-0.2, -0.15) is 0 Å². The molecule has 0 aromatic heterocycles. The van der Waals surface area contributed by atoms with Crippen molar-refractivity contribution < 1.29 is 14.5 Å². The highest BCUT2D eigenvalue weighted by Gasteiger charge is 2.21. The molecule has 0 saturated heterocycles. The molecular formula is C10H18FNO2. The van der Waals surface area contributed by atoms with Crippen molar-refractivity contribution in [2.24, 2.45) is 5.92 Å². The summed E-state index contributed by atoms with van der Waals surface area (Å²) in [6.45, 7) is 2.52. The minimum absolute atomic E-state index is 0.00408. The predicted octanol–water partition coefficient (Wildman–Crippen LogP) is 1.01. The maximum atomic E-state index is 13.2. The lowest BCUT2D eigenvalue weighted by atomic mass is 9.90. The molecule has 1 aliphatic carbocycles. The van der Waals surface area contributed by atoms with E-state index in [0.29, 0.717) is 19.6 Å². The minimum atomic E-state index is -0.877. The van der Waals surface area contributed by atoms with Crippen LogP contribution in [0.15, 0.2) is 12.2 Å². The smallest absolute Gasteiger partial charge is 0.121 e. The van der Waals surface area contributed by atoms with E-state index in [2.05, 4.69) is 0 Å². The van der Waals surface area contributed by atoms with Crippen LogP contribution in [0.25, 0.3) is 0 Å². The zero-order chi connectivity index (χ0) is 10.4. The molecule has 0 amide bonds. The number of nitrogens with one attached hydrogen (secondary N) is 1. The fourth-order valence-electron chi connectivity index (χ4n) is 1.69. The molecule has 14 heavy (non-hydrogen) atoms. The van der Waals surface area contributed by atoms with Crippen LogP contribution in [0.5, 0.6) is 0 Å². The minimum Gasteiger partial charge on any atom is -0.600 e. The van der Waals surface area contributed by atoms with E-state index in [1.807, 2.05) is 6.08 Å². The van der Waals surface area contributed by atoms with Crippen molar-refractivity contribution in [3.05, 3.63) is 17.4 Å². The zero-order valence-corrected chi connectivity index (χ0v) is 8.54. The lowest BCUT2D eigenvalue weighted by Crippen LogP contribution is -3.06. The third kappa shape index (κ3) is 3.74. The van der Waals surface area contributed by atoms with Gasteiger partial charge in [0.2, 0.25) is 0 Å². The van der Waals surface area contributed by atoms with Crippen LogP contribution in [0.4, 0.5) is 4.39 Å². The van der Waals surface area contributed by atoms with Crippen LogP contribution in [0.3, 0.4) is 0 Å². The zero-order valence-electron chi connectivity index (χ0n) is 8.54. The van der Waals surface area contributed by atoms with E-state index in [1.165, 1.54) is 0 Å². The Morgan fingerprint density at radius 3 is 3.07 bits per heavy atom. The van der Waals surface area contributed by atoms with Gasteiger partial charge in [0.1, 0.15) is 19.3 Å². The van der Waals surface area contributed by atoms with E-state index >= 15 is 0 Å². The highest BCUT2D eigenvalue weighted by molar-refractivity contribution is 4.97. The highest BCUT2D eigenvalue weighted by Crippen LogP contribution is 2.23. The van der Waals surface area contributed by atoms with Crippen molar-refractivity contribution in [3.63, 3.8) is 0 Å². The van der Waals surface area contributed by atoms with Crippen molar-refractivity contribution in [2.45, 2.75) is 32.4 Å². The van der Waals surface area contributed by atoms with Crippen molar-refractivity contribution in [2.75, 3.05) is 13.2 Å². The molecule has 0 fully saturated rings. The number of quaternary nitrogens is 1. The van der Waals surface area contributed by atoms with Crippen molar-refractivity contribution in [1.29, 1.82) is 0 Å². The Hall–Kier alpha value is -0.450. The molecule has 0 heterocycles. The second-order valence-electron chi connectivity index (χ2n) is 3.55. The molecule has 0 saturated carbocycles. The number of halogens is 1. The molecule has 3 atom stereocenters. The second-order valence-corrected chi connectivity index (χ2v) is 3.55. The third-order valence-electron chi connectivity index (χ3n) is 2.50. The summed E-state index contributed by atoms with van der Waals surface area (Å²) in [5, 5.41) is 10.8. The Morgan fingerprint density at radius 2 is 2.43 bits per heavy atom.